The summed E-state index contributed by atoms with van der Waals surface area (Å²) >= 11 is 0. The smallest absolute Gasteiger partial charge is 0.182 e. The SMILES string of the molecule is CC[N+](C)(C)COC.[I-]. The summed E-state index contributed by atoms with van der Waals surface area (Å²) in [5, 5.41) is 0. The maximum absolute atomic E-state index is 4.97. The van der Waals surface area contributed by atoms with E-state index >= 15 is 0 Å². The highest BCUT2D eigenvalue weighted by Gasteiger charge is 2.08. The Hall–Kier alpha value is 0.650. The van der Waals surface area contributed by atoms with Crippen LogP contribution in [0, 0.1) is 0 Å². The van der Waals surface area contributed by atoms with Crippen LogP contribution in [0.4, 0.5) is 0 Å². The van der Waals surface area contributed by atoms with Crippen LogP contribution in [0.2, 0.25) is 0 Å². The highest BCUT2D eigenvalue weighted by molar-refractivity contribution is 4.13. The maximum Gasteiger partial charge on any atom is 0.182 e. The molecule has 9 heavy (non-hydrogen) atoms. The number of ether oxygens (including phenoxy) is 1. The number of quaternary nitrogens is 1. The highest BCUT2D eigenvalue weighted by Crippen LogP contribution is 1.93. The molecule has 0 aliphatic carbocycles. The second-order valence-corrected chi connectivity index (χ2v) is 2.67. The molecule has 2 nitrogen and oxygen atoms in total. The van der Waals surface area contributed by atoms with E-state index in [1.165, 1.54) is 0 Å². The molecular formula is C6H16INO. The highest BCUT2D eigenvalue weighted by atomic mass is 127. The zero-order valence-corrected chi connectivity index (χ0v) is 8.81. The van der Waals surface area contributed by atoms with E-state index in [9.17, 15) is 0 Å². The predicted molar refractivity (Wildman–Crippen MR) is 34.5 cm³/mol. The normalized spacial score (nSPS) is 10.7. The standard InChI is InChI=1S/C6H16NO.HI/c1-5-7(2,3)6-8-4;/h5-6H2,1-4H3;1H/q+1;/p-1. The van der Waals surface area contributed by atoms with E-state index in [-0.39, 0.29) is 24.0 Å². The number of methoxy groups -OCH3 is 1. The molecule has 0 rings (SSSR count). The van der Waals surface area contributed by atoms with Gasteiger partial charge in [-0.1, -0.05) is 0 Å². The van der Waals surface area contributed by atoms with Crippen LogP contribution in [-0.2, 0) is 4.74 Å². The van der Waals surface area contributed by atoms with Gasteiger partial charge in [-0.25, -0.2) is 0 Å². The predicted octanol–water partition coefficient (Wildman–Crippen LogP) is -2.31. The molecule has 0 aromatic carbocycles. The first-order valence-corrected chi connectivity index (χ1v) is 2.93. The molecule has 0 atom stereocenters. The van der Waals surface area contributed by atoms with Crippen molar-refractivity contribution in [3.8, 4) is 0 Å². The monoisotopic (exact) mass is 245 g/mol. The van der Waals surface area contributed by atoms with Crippen molar-refractivity contribution in [1.82, 2.24) is 0 Å². The molecule has 0 aliphatic heterocycles. The van der Waals surface area contributed by atoms with Gasteiger partial charge >= 0.3 is 0 Å². The van der Waals surface area contributed by atoms with E-state index in [1.54, 1.807) is 7.11 Å². The first-order chi connectivity index (χ1) is 3.62. The zero-order valence-electron chi connectivity index (χ0n) is 6.65. The van der Waals surface area contributed by atoms with Crippen molar-refractivity contribution in [3.63, 3.8) is 0 Å². The van der Waals surface area contributed by atoms with Crippen molar-refractivity contribution in [2.24, 2.45) is 0 Å². The minimum atomic E-state index is 0. The molecule has 0 N–H and O–H groups in total. The van der Waals surface area contributed by atoms with Crippen molar-refractivity contribution >= 4 is 0 Å². The van der Waals surface area contributed by atoms with Crippen molar-refractivity contribution in [3.05, 3.63) is 0 Å². The Morgan fingerprint density at radius 1 is 1.33 bits per heavy atom. The Labute approximate surface area is 74.8 Å². The third-order valence-electron chi connectivity index (χ3n) is 1.33. The first-order valence-electron chi connectivity index (χ1n) is 2.93. The van der Waals surface area contributed by atoms with Gasteiger partial charge in [0.1, 0.15) is 0 Å². The van der Waals surface area contributed by atoms with Gasteiger partial charge in [-0.15, -0.1) is 0 Å². The summed E-state index contributed by atoms with van der Waals surface area (Å²) in [4.78, 5) is 0. The summed E-state index contributed by atoms with van der Waals surface area (Å²) < 4.78 is 5.91. The molecule has 0 aliphatic rings. The lowest BCUT2D eigenvalue weighted by molar-refractivity contribution is -0.907. The lowest BCUT2D eigenvalue weighted by Gasteiger charge is -2.26. The molecular weight excluding hydrogens is 229 g/mol. The number of hydrogen-bond donors (Lipinski definition) is 0. The third-order valence-corrected chi connectivity index (χ3v) is 1.33. The number of halogens is 1. The van der Waals surface area contributed by atoms with Crippen molar-refractivity contribution in [1.29, 1.82) is 0 Å². The molecule has 0 unspecified atom stereocenters. The molecule has 0 fully saturated rings. The lowest BCUT2D eigenvalue weighted by Crippen LogP contribution is -3.00. The Bertz CT molecular complexity index is 66.1. The van der Waals surface area contributed by atoms with Gasteiger partial charge in [0.15, 0.2) is 6.73 Å². The number of nitrogens with zero attached hydrogens (tertiary/aromatic N) is 1. The van der Waals surface area contributed by atoms with E-state index < -0.39 is 0 Å². The van der Waals surface area contributed by atoms with Crippen LogP contribution in [0.1, 0.15) is 6.92 Å². The van der Waals surface area contributed by atoms with E-state index in [0.29, 0.717) is 0 Å². The van der Waals surface area contributed by atoms with E-state index in [1.807, 2.05) is 0 Å². The van der Waals surface area contributed by atoms with Crippen molar-refractivity contribution < 1.29 is 33.2 Å². The Morgan fingerprint density at radius 3 is 1.89 bits per heavy atom. The molecule has 0 radical (unpaired) electrons. The molecule has 0 heterocycles. The average Bonchev–Trinajstić information content (AvgIpc) is 1.67. The molecule has 0 saturated carbocycles. The van der Waals surface area contributed by atoms with Crippen LogP contribution < -0.4 is 24.0 Å². The van der Waals surface area contributed by atoms with Crippen LogP contribution in [0.5, 0.6) is 0 Å². The molecule has 0 aromatic rings. The summed E-state index contributed by atoms with van der Waals surface area (Å²) in [5.41, 5.74) is 0. The van der Waals surface area contributed by atoms with Crippen molar-refractivity contribution in [2.75, 3.05) is 34.5 Å². The van der Waals surface area contributed by atoms with Crippen LogP contribution in [0.25, 0.3) is 0 Å². The van der Waals surface area contributed by atoms with Crippen LogP contribution in [0.15, 0.2) is 0 Å². The Balaban J connectivity index is 0. The Kier molecular flexibility index (Phi) is 7.45. The molecule has 0 spiro atoms. The van der Waals surface area contributed by atoms with Gasteiger partial charge < -0.3 is 33.2 Å². The molecule has 3 heteroatoms. The van der Waals surface area contributed by atoms with Crippen LogP contribution in [0.3, 0.4) is 0 Å². The third kappa shape index (κ3) is 6.54. The number of hydrogen-bond acceptors (Lipinski definition) is 1. The minimum Gasteiger partial charge on any atom is -1.00 e. The van der Waals surface area contributed by atoms with Gasteiger partial charge in [-0.05, 0) is 6.92 Å². The van der Waals surface area contributed by atoms with Gasteiger partial charge in [-0.3, -0.25) is 0 Å². The number of rotatable bonds is 3. The zero-order chi connectivity index (χ0) is 6.62. The van der Waals surface area contributed by atoms with E-state index in [0.717, 1.165) is 17.8 Å². The minimum absolute atomic E-state index is 0. The summed E-state index contributed by atoms with van der Waals surface area (Å²) in [6.45, 7) is 4.07. The largest absolute Gasteiger partial charge is 1.00 e. The molecule has 0 saturated heterocycles. The van der Waals surface area contributed by atoms with Gasteiger partial charge in [-0.2, -0.15) is 0 Å². The molecule has 58 valence electrons. The summed E-state index contributed by atoms with van der Waals surface area (Å²) in [7, 11) is 6.02. The second kappa shape index (κ2) is 5.44. The second-order valence-electron chi connectivity index (χ2n) is 2.67. The van der Waals surface area contributed by atoms with Gasteiger partial charge in [0, 0.05) is 7.11 Å². The summed E-state index contributed by atoms with van der Waals surface area (Å²) in [6.07, 6.45) is 0. The quantitative estimate of drug-likeness (QED) is 0.308. The van der Waals surface area contributed by atoms with Gasteiger partial charge in [0.25, 0.3) is 0 Å². The summed E-state index contributed by atoms with van der Waals surface area (Å²) in [5.74, 6) is 0. The summed E-state index contributed by atoms with van der Waals surface area (Å²) in [6, 6.07) is 0. The lowest BCUT2D eigenvalue weighted by atomic mass is 10.6. The molecule has 0 amide bonds. The maximum atomic E-state index is 4.97. The Morgan fingerprint density at radius 2 is 1.78 bits per heavy atom. The van der Waals surface area contributed by atoms with E-state index in [4.69, 9.17) is 4.74 Å². The van der Waals surface area contributed by atoms with Crippen LogP contribution in [-0.4, -0.2) is 39.0 Å². The van der Waals surface area contributed by atoms with Crippen LogP contribution >= 0.6 is 0 Å². The first kappa shape index (κ1) is 12.3. The van der Waals surface area contributed by atoms with Gasteiger partial charge in [0.2, 0.25) is 0 Å². The average molecular weight is 245 g/mol. The van der Waals surface area contributed by atoms with Gasteiger partial charge in [0.05, 0.1) is 20.6 Å². The fraction of sp³-hybridized carbons (Fsp3) is 1.00. The van der Waals surface area contributed by atoms with E-state index in [2.05, 4.69) is 21.0 Å². The fourth-order valence-corrected chi connectivity index (χ4v) is 0.441. The molecule has 0 aromatic heterocycles. The topological polar surface area (TPSA) is 9.23 Å². The van der Waals surface area contributed by atoms with Crippen molar-refractivity contribution in [2.45, 2.75) is 6.92 Å². The molecule has 0 bridgehead atoms. The fourth-order valence-electron chi connectivity index (χ4n) is 0.441.